The van der Waals surface area contributed by atoms with Crippen LogP contribution in [0, 0.1) is 0 Å². The Bertz CT molecular complexity index is 1030. The molecule has 3 heterocycles. The van der Waals surface area contributed by atoms with Gasteiger partial charge in [0.15, 0.2) is 6.61 Å². The Kier molecular flexibility index (Phi) is 5.59. The summed E-state index contributed by atoms with van der Waals surface area (Å²) in [5, 5.41) is 0.698. The Balaban J connectivity index is 1.59. The summed E-state index contributed by atoms with van der Waals surface area (Å²) in [4.78, 5) is 32.4. The first-order valence-corrected chi connectivity index (χ1v) is 10.4. The number of fused-ring (bicyclic) bond motifs is 1. The number of pyridine rings is 1. The summed E-state index contributed by atoms with van der Waals surface area (Å²) in [5.74, 6) is -0.662. The van der Waals surface area contributed by atoms with E-state index >= 15 is 0 Å². The molecule has 0 N–H and O–H groups in total. The third-order valence-electron chi connectivity index (χ3n) is 4.80. The van der Waals surface area contributed by atoms with Gasteiger partial charge in [0.25, 0.3) is 5.91 Å². The number of benzene rings is 1. The lowest BCUT2D eigenvalue weighted by molar-refractivity contribution is -0.135. The van der Waals surface area contributed by atoms with Gasteiger partial charge >= 0.3 is 5.97 Å². The zero-order chi connectivity index (χ0) is 19.5. The Morgan fingerprint density at radius 2 is 1.89 bits per heavy atom. The number of hydrogen-bond donors (Lipinski definition) is 0. The Morgan fingerprint density at radius 1 is 1.11 bits per heavy atom. The summed E-state index contributed by atoms with van der Waals surface area (Å²) < 4.78 is 6.02. The van der Waals surface area contributed by atoms with Crippen molar-refractivity contribution in [2.24, 2.45) is 0 Å². The van der Waals surface area contributed by atoms with Crippen LogP contribution in [-0.4, -0.2) is 41.5 Å². The van der Waals surface area contributed by atoms with Crippen molar-refractivity contribution in [3.05, 3.63) is 52.4 Å². The number of likely N-dealkylation sites (tertiary alicyclic amines) is 1. The molecule has 0 spiro atoms. The molecule has 144 valence electrons. The molecule has 1 amide bonds. The number of hydrogen-bond acceptors (Lipinski definition) is 5. The van der Waals surface area contributed by atoms with Crippen LogP contribution in [0.3, 0.4) is 0 Å². The van der Waals surface area contributed by atoms with Crippen molar-refractivity contribution in [3.8, 4) is 10.6 Å². The molecule has 7 heteroatoms. The number of piperidine rings is 1. The van der Waals surface area contributed by atoms with Crippen LogP contribution in [0.15, 0.2) is 42.5 Å². The minimum Gasteiger partial charge on any atom is -0.452 e. The molecule has 1 saturated heterocycles. The molecule has 2 aromatic heterocycles. The molecule has 28 heavy (non-hydrogen) atoms. The number of aromatic nitrogens is 1. The van der Waals surface area contributed by atoms with Crippen molar-refractivity contribution < 1.29 is 14.3 Å². The summed E-state index contributed by atoms with van der Waals surface area (Å²) in [6.07, 6.45) is 3.14. The number of thiophene rings is 1. The van der Waals surface area contributed by atoms with E-state index in [1.165, 1.54) is 11.3 Å². The molecular formula is C21H19ClN2O3S. The summed E-state index contributed by atoms with van der Waals surface area (Å²) in [6.45, 7) is 1.23. The zero-order valence-corrected chi connectivity index (χ0v) is 16.8. The van der Waals surface area contributed by atoms with Crippen LogP contribution in [0.4, 0.5) is 0 Å². The minimum atomic E-state index is -0.520. The number of ether oxygens (including phenoxy) is 1. The molecule has 1 aromatic carbocycles. The van der Waals surface area contributed by atoms with Crippen molar-refractivity contribution in [1.82, 2.24) is 9.88 Å². The predicted octanol–water partition coefficient (Wildman–Crippen LogP) is 4.79. The van der Waals surface area contributed by atoms with Crippen LogP contribution in [0.2, 0.25) is 4.34 Å². The minimum absolute atomic E-state index is 0.142. The highest BCUT2D eigenvalue weighted by Crippen LogP contribution is 2.32. The lowest BCUT2D eigenvalue weighted by atomic mass is 10.1. The van der Waals surface area contributed by atoms with Crippen molar-refractivity contribution in [3.63, 3.8) is 0 Å². The molecule has 1 fully saturated rings. The van der Waals surface area contributed by atoms with E-state index in [1.807, 2.05) is 30.3 Å². The van der Waals surface area contributed by atoms with Gasteiger partial charge in [0.05, 0.1) is 26.0 Å². The third-order valence-corrected chi connectivity index (χ3v) is 6.05. The zero-order valence-electron chi connectivity index (χ0n) is 15.2. The summed E-state index contributed by atoms with van der Waals surface area (Å²) in [5.41, 5.74) is 1.75. The van der Waals surface area contributed by atoms with Gasteiger partial charge < -0.3 is 9.64 Å². The Morgan fingerprint density at radius 3 is 2.64 bits per heavy atom. The van der Waals surface area contributed by atoms with Gasteiger partial charge in [0.1, 0.15) is 0 Å². The fourth-order valence-electron chi connectivity index (χ4n) is 3.36. The van der Waals surface area contributed by atoms with E-state index in [1.54, 1.807) is 17.0 Å². The van der Waals surface area contributed by atoms with E-state index in [0.29, 0.717) is 26.5 Å². The molecule has 0 saturated carbocycles. The first-order valence-electron chi connectivity index (χ1n) is 9.22. The number of rotatable bonds is 4. The van der Waals surface area contributed by atoms with E-state index in [0.717, 1.165) is 37.2 Å². The second-order valence-electron chi connectivity index (χ2n) is 6.69. The van der Waals surface area contributed by atoms with Crippen LogP contribution in [0.1, 0.15) is 29.6 Å². The number of para-hydroxylation sites is 1. The fraction of sp³-hybridized carbons (Fsp3) is 0.286. The average Bonchev–Trinajstić information content (AvgIpc) is 3.18. The molecule has 0 radical (unpaired) electrons. The quantitative estimate of drug-likeness (QED) is 0.576. The molecule has 5 nitrogen and oxygen atoms in total. The van der Waals surface area contributed by atoms with Gasteiger partial charge in [-0.05, 0) is 43.5 Å². The standard InChI is InChI=1S/C21H19ClN2O3S/c22-19-9-8-18(28-19)17-12-15(14-6-2-3-7-16(14)23-17)21(26)27-13-20(25)24-10-4-1-5-11-24/h2-3,6-9,12H,1,4-5,10-11,13H2. The SMILES string of the molecule is O=C(OCC(=O)N1CCCCC1)c1cc(-c2ccc(Cl)s2)nc2ccccc12. The molecule has 0 aliphatic carbocycles. The molecule has 0 unspecified atom stereocenters. The normalized spacial score (nSPS) is 14.2. The molecule has 1 aliphatic heterocycles. The molecule has 4 rings (SSSR count). The van der Waals surface area contributed by atoms with Crippen molar-refractivity contribution in [1.29, 1.82) is 0 Å². The monoisotopic (exact) mass is 414 g/mol. The Hall–Kier alpha value is -2.44. The molecule has 1 aliphatic rings. The van der Waals surface area contributed by atoms with E-state index in [-0.39, 0.29) is 12.5 Å². The Labute approximate surface area is 171 Å². The first kappa shape index (κ1) is 18.9. The van der Waals surface area contributed by atoms with E-state index in [9.17, 15) is 9.59 Å². The van der Waals surface area contributed by atoms with Crippen LogP contribution < -0.4 is 0 Å². The number of carbonyl (C=O) groups is 2. The predicted molar refractivity (Wildman–Crippen MR) is 111 cm³/mol. The number of nitrogens with zero attached hydrogens (tertiary/aromatic N) is 2. The van der Waals surface area contributed by atoms with Crippen LogP contribution in [0.5, 0.6) is 0 Å². The lowest BCUT2D eigenvalue weighted by Crippen LogP contribution is -2.38. The smallest absolute Gasteiger partial charge is 0.339 e. The van der Waals surface area contributed by atoms with Gasteiger partial charge in [-0.25, -0.2) is 9.78 Å². The van der Waals surface area contributed by atoms with Crippen LogP contribution in [0.25, 0.3) is 21.5 Å². The third kappa shape index (κ3) is 4.03. The summed E-state index contributed by atoms with van der Waals surface area (Å²) in [7, 11) is 0. The molecular weight excluding hydrogens is 396 g/mol. The topological polar surface area (TPSA) is 59.5 Å². The first-order chi connectivity index (χ1) is 13.6. The van der Waals surface area contributed by atoms with Gasteiger partial charge in [-0.3, -0.25) is 4.79 Å². The lowest BCUT2D eigenvalue weighted by Gasteiger charge is -2.26. The largest absolute Gasteiger partial charge is 0.452 e. The number of halogens is 1. The second kappa shape index (κ2) is 8.29. The van der Waals surface area contributed by atoms with Gasteiger partial charge in [-0.1, -0.05) is 29.8 Å². The van der Waals surface area contributed by atoms with Crippen molar-refractivity contribution in [2.45, 2.75) is 19.3 Å². The van der Waals surface area contributed by atoms with Crippen molar-refractivity contribution in [2.75, 3.05) is 19.7 Å². The van der Waals surface area contributed by atoms with Crippen LogP contribution >= 0.6 is 22.9 Å². The fourth-order valence-corrected chi connectivity index (χ4v) is 4.37. The number of amides is 1. The highest BCUT2D eigenvalue weighted by atomic mass is 35.5. The number of carbonyl (C=O) groups excluding carboxylic acids is 2. The van der Waals surface area contributed by atoms with E-state index in [2.05, 4.69) is 4.98 Å². The van der Waals surface area contributed by atoms with Crippen LogP contribution in [-0.2, 0) is 9.53 Å². The molecule has 0 bridgehead atoms. The summed E-state index contributed by atoms with van der Waals surface area (Å²) >= 11 is 7.44. The molecule has 3 aromatic rings. The highest BCUT2D eigenvalue weighted by Gasteiger charge is 2.20. The van der Waals surface area contributed by atoms with E-state index in [4.69, 9.17) is 16.3 Å². The molecule has 0 atom stereocenters. The average molecular weight is 415 g/mol. The second-order valence-corrected chi connectivity index (χ2v) is 8.41. The van der Waals surface area contributed by atoms with Crippen molar-refractivity contribution >= 4 is 45.7 Å². The maximum Gasteiger partial charge on any atom is 0.339 e. The maximum absolute atomic E-state index is 12.8. The van der Waals surface area contributed by atoms with Gasteiger partial charge in [-0.2, -0.15) is 0 Å². The van der Waals surface area contributed by atoms with E-state index < -0.39 is 5.97 Å². The maximum atomic E-state index is 12.8. The highest BCUT2D eigenvalue weighted by molar-refractivity contribution is 7.19. The van der Waals surface area contributed by atoms with Gasteiger partial charge in [0, 0.05) is 18.5 Å². The summed E-state index contributed by atoms with van der Waals surface area (Å²) in [6, 6.07) is 12.8. The number of esters is 1. The van der Waals surface area contributed by atoms with Gasteiger partial charge in [-0.15, -0.1) is 11.3 Å². The van der Waals surface area contributed by atoms with Gasteiger partial charge in [0.2, 0.25) is 0 Å².